The zero-order chi connectivity index (χ0) is 18.1. The van der Waals surface area contributed by atoms with Gasteiger partial charge in [-0.1, -0.05) is 27.7 Å². The van der Waals surface area contributed by atoms with Crippen molar-refractivity contribution in [1.29, 1.82) is 0 Å². The van der Waals surface area contributed by atoms with Crippen LogP contribution in [-0.2, 0) is 19.9 Å². The molecular formula is C18H30F2N4. The van der Waals surface area contributed by atoms with Crippen molar-refractivity contribution in [2.75, 3.05) is 0 Å². The SMILES string of the molecule is CC(C)CCc1[nH]ncc1C(F)F.CC(C)CCc1ccnn1C. The summed E-state index contributed by atoms with van der Waals surface area (Å²) in [6.07, 6.45) is 4.60. The van der Waals surface area contributed by atoms with Gasteiger partial charge in [0.2, 0.25) is 0 Å². The highest BCUT2D eigenvalue weighted by Crippen LogP contribution is 2.22. The highest BCUT2D eigenvalue weighted by molar-refractivity contribution is 5.17. The Balaban J connectivity index is 0.000000243. The normalized spacial score (nSPS) is 11.2. The molecule has 136 valence electrons. The molecule has 2 heterocycles. The molecule has 1 N–H and O–H groups in total. The smallest absolute Gasteiger partial charge is 0.267 e. The summed E-state index contributed by atoms with van der Waals surface area (Å²) in [4.78, 5) is 0. The molecule has 0 unspecified atom stereocenters. The monoisotopic (exact) mass is 340 g/mol. The predicted molar refractivity (Wildman–Crippen MR) is 93.1 cm³/mol. The summed E-state index contributed by atoms with van der Waals surface area (Å²) >= 11 is 0. The number of hydrogen-bond donors (Lipinski definition) is 1. The maximum Gasteiger partial charge on any atom is 0.267 e. The minimum absolute atomic E-state index is 0.0423. The van der Waals surface area contributed by atoms with Crippen LogP contribution in [-0.4, -0.2) is 20.0 Å². The van der Waals surface area contributed by atoms with Gasteiger partial charge in [0.05, 0.1) is 11.8 Å². The quantitative estimate of drug-likeness (QED) is 0.775. The van der Waals surface area contributed by atoms with Crippen LogP contribution in [0.2, 0.25) is 0 Å². The number of rotatable bonds is 7. The van der Waals surface area contributed by atoms with Crippen LogP contribution in [0.3, 0.4) is 0 Å². The van der Waals surface area contributed by atoms with Gasteiger partial charge in [-0.3, -0.25) is 9.78 Å². The van der Waals surface area contributed by atoms with Crippen LogP contribution in [0.4, 0.5) is 8.78 Å². The van der Waals surface area contributed by atoms with Gasteiger partial charge in [0, 0.05) is 24.6 Å². The third-order valence-electron chi connectivity index (χ3n) is 3.86. The highest BCUT2D eigenvalue weighted by Gasteiger charge is 2.14. The number of H-pyrrole nitrogens is 1. The Morgan fingerprint density at radius 3 is 2.21 bits per heavy atom. The van der Waals surface area contributed by atoms with Gasteiger partial charge < -0.3 is 0 Å². The van der Waals surface area contributed by atoms with E-state index in [4.69, 9.17) is 0 Å². The lowest BCUT2D eigenvalue weighted by atomic mass is 10.0. The molecule has 0 radical (unpaired) electrons. The summed E-state index contributed by atoms with van der Waals surface area (Å²) in [6, 6.07) is 2.09. The fourth-order valence-corrected chi connectivity index (χ4v) is 2.23. The van der Waals surface area contributed by atoms with Gasteiger partial charge in [-0.2, -0.15) is 10.2 Å². The van der Waals surface area contributed by atoms with Gasteiger partial charge in [-0.15, -0.1) is 0 Å². The van der Waals surface area contributed by atoms with E-state index < -0.39 is 6.43 Å². The Bertz CT molecular complexity index is 573. The van der Waals surface area contributed by atoms with Gasteiger partial charge in [0.1, 0.15) is 0 Å². The molecule has 0 saturated heterocycles. The molecular weight excluding hydrogens is 310 g/mol. The first-order chi connectivity index (χ1) is 11.3. The average molecular weight is 340 g/mol. The van der Waals surface area contributed by atoms with E-state index in [1.54, 1.807) is 0 Å². The Morgan fingerprint density at radius 1 is 1.08 bits per heavy atom. The van der Waals surface area contributed by atoms with Crippen LogP contribution in [0.1, 0.15) is 63.9 Å². The van der Waals surface area contributed by atoms with Crippen molar-refractivity contribution in [1.82, 2.24) is 20.0 Å². The van der Waals surface area contributed by atoms with Gasteiger partial charge in [0.15, 0.2) is 0 Å². The number of aryl methyl sites for hydroxylation is 3. The molecule has 0 bridgehead atoms. The molecule has 24 heavy (non-hydrogen) atoms. The fourth-order valence-electron chi connectivity index (χ4n) is 2.23. The molecule has 2 aromatic heterocycles. The number of aromatic nitrogens is 4. The van der Waals surface area contributed by atoms with Crippen molar-refractivity contribution in [3.05, 3.63) is 35.4 Å². The van der Waals surface area contributed by atoms with Crippen LogP contribution in [0, 0.1) is 11.8 Å². The Hall–Kier alpha value is -1.72. The van der Waals surface area contributed by atoms with Crippen molar-refractivity contribution < 1.29 is 8.78 Å². The van der Waals surface area contributed by atoms with Crippen molar-refractivity contribution in [2.24, 2.45) is 18.9 Å². The molecule has 2 aromatic rings. The summed E-state index contributed by atoms with van der Waals surface area (Å²) in [5, 5.41) is 10.3. The van der Waals surface area contributed by atoms with E-state index in [0.717, 1.165) is 18.8 Å². The molecule has 0 fully saturated rings. The maximum atomic E-state index is 12.3. The van der Waals surface area contributed by atoms with E-state index >= 15 is 0 Å². The van der Waals surface area contributed by atoms with E-state index in [1.165, 1.54) is 18.3 Å². The Labute approximate surface area is 143 Å². The van der Waals surface area contributed by atoms with Crippen molar-refractivity contribution >= 4 is 0 Å². The van der Waals surface area contributed by atoms with E-state index in [9.17, 15) is 8.78 Å². The number of alkyl halides is 2. The molecule has 0 amide bonds. The summed E-state index contributed by atoms with van der Waals surface area (Å²) < 4.78 is 26.6. The molecule has 0 atom stereocenters. The van der Waals surface area contributed by atoms with Gasteiger partial charge in [-0.05, 0) is 43.6 Å². The van der Waals surface area contributed by atoms with Crippen LogP contribution >= 0.6 is 0 Å². The minimum Gasteiger partial charge on any atom is -0.282 e. The second-order valence-electron chi connectivity index (χ2n) is 6.92. The molecule has 0 aliphatic carbocycles. The van der Waals surface area contributed by atoms with Crippen LogP contribution in [0.5, 0.6) is 0 Å². The first kappa shape index (κ1) is 20.3. The number of nitrogens with zero attached hydrogens (tertiary/aromatic N) is 3. The first-order valence-electron chi connectivity index (χ1n) is 8.58. The summed E-state index contributed by atoms with van der Waals surface area (Å²) in [5.74, 6) is 1.30. The van der Waals surface area contributed by atoms with Gasteiger partial charge >= 0.3 is 0 Å². The average Bonchev–Trinajstić information content (AvgIpc) is 3.12. The van der Waals surface area contributed by atoms with E-state index in [1.807, 2.05) is 17.9 Å². The minimum atomic E-state index is -2.42. The van der Waals surface area contributed by atoms with E-state index in [-0.39, 0.29) is 5.56 Å². The lowest BCUT2D eigenvalue weighted by Gasteiger charge is -2.04. The molecule has 2 rings (SSSR count). The first-order valence-corrected chi connectivity index (χ1v) is 8.58. The van der Waals surface area contributed by atoms with Crippen LogP contribution < -0.4 is 0 Å². The molecule has 0 aromatic carbocycles. The maximum absolute atomic E-state index is 12.3. The fraction of sp³-hybridized carbons (Fsp3) is 0.667. The molecule has 4 nitrogen and oxygen atoms in total. The number of aromatic amines is 1. The molecule has 0 aliphatic rings. The standard InChI is InChI=1S/C9H14F2N2.C9H16N2/c1-6(2)3-4-8-7(9(10)11)5-12-13-8;1-8(2)4-5-9-6-7-10-11(9)3/h5-6,9H,3-4H2,1-2H3,(H,12,13);6-8H,4-5H2,1-3H3. The van der Waals surface area contributed by atoms with Gasteiger partial charge in [0.25, 0.3) is 6.43 Å². The van der Waals surface area contributed by atoms with Crippen molar-refractivity contribution in [3.63, 3.8) is 0 Å². The zero-order valence-electron chi connectivity index (χ0n) is 15.4. The van der Waals surface area contributed by atoms with E-state index in [0.29, 0.717) is 18.0 Å². The number of halogens is 2. The summed E-state index contributed by atoms with van der Waals surface area (Å²) in [6.45, 7) is 8.63. The third kappa shape index (κ3) is 7.23. The van der Waals surface area contributed by atoms with Crippen molar-refractivity contribution in [3.8, 4) is 0 Å². The Kier molecular flexibility index (Phi) is 8.65. The Morgan fingerprint density at radius 2 is 1.71 bits per heavy atom. The van der Waals surface area contributed by atoms with Crippen LogP contribution in [0.15, 0.2) is 18.5 Å². The predicted octanol–water partition coefficient (Wildman–Crippen LogP) is 4.94. The molecule has 0 aliphatic heterocycles. The third-order valence-corrected chi connectivity index (χ3v) is 3.86. The van der Waals surface area contributed by atoms with Gasteiger partial charge in [-0.25, -0.2) is 8.78 Å². The number of hydrogen-bond acceptors (Lipinski definition) is 2. The summed E-state index contributed by atoms with van der Waals surface area (Å²) in [7, 11) is 2.00. The topological polar surface area (TPSA) is 46.5 Å². The molecule has 0 saturated carbocycles. The second-order valence-corrected chi connectivity index (χ2v) is 6.92. The zero-order valence-corrected chi connectivity index (χ0v) is 15.4. The number of nitrogens with one attached hydrogen (secondary N) is 1. The lowest BCUT2D eigenvalue weighted by Crippen LogP contribution is -2.00. The largest absolute Gasteiger partial charge is 0.282 e. The van der Waals surface area contributed by atoms with Crippen LogP contribution in [0.25, 0.3) is 0 Å². The summed E-state index contributed by atoms with van der Waals surface area (Å²) in [5.41, 5.74) is 1.95. The van der Waals surface area contributed by atoms with E-state index in [2.05, 4.69) is 49.1 Å². The lowest BCUT2D eigenvalue weighted by molar-refractivity contribution is 0.150. The van der Waals surface area contributed by atoms with Crippen molar-refractivity contribution in [2.45, 2.75) is 59.8 Å². The molecule has 0 spiro atoms. The molecule has 6 heteroatoms. The second kappa shape index (κ2) is 10.2. The highest BCUT2D eigenvalue weighted by atomic mass is 19.3.